The van der Waals surface area contributed by atoms with Crippen LogP contribution in [-0.4, -0.2) is 16.6 Å². The van der Waals surface area contributed by atoms with Gasteiger partial charge in [-0.1, -0.05) is 54.6 Å². The number of anilines is 4. The number of nitrogens with zero attached hydrogens (tertiary/aromatic N) is 3. The van der Waals surface area contributed by atoms with E-state index in [9.17, 15) is 4.79 Å². The van der Waals surface area contributed by atoms with Gasteiger partial charge in [-0.2, -0.15) is 0 Å². The molecule has 5 nitrogen and oxygen atoms in total. The summed E-state index contributed by atoms with van der Waals surface area (Å²) in [6.45, 7) is 0. The Morgan fingerprint density at radius 1 is 0.812 bits per heavy atom. The summed E-state index contributed by atoms with van der Waals surface area (Å²) >= 11 is 0. The van der Waals surface area contributed by atoms with Gasteiger partial charge in [0.15, 0.2) is 5.43 Å². The van der Waals surface area contributed by atoms with Crippen molar-refractivity contribution in [1.82, 2.24) is 9.55 Å². The predicted octanol–water partition coefficient (Wildman–Crippen LogP) is 5.90. The number of hydrogen-bond acceptors (Lipinski definition) is 4. The Morgan fingerprint density at radius 2 is 1.44 bits per heavy atom. The van der Waals surface area contributed by atoms with Gasteiger partial charge in [-0.15, -0.1) is 0 Å². The van der Waals surface area contributed by atoms with Crippen molar-refractivity contribution in [3.8, 4) is 5.69 Å². The third-order valence-electron chi connectivity index (χ3n) is 5.46. The van der Waals surface area contributed by atoms with Crippen molar-refractivity contribution < 1.29 is 0 Å². The molecule has 0 saturated heterocycles. The molecule has 0 aliphatic heterocycles. The fourth-order valence-corrected chi connectivity index (χ4v) is 3.89. The minimum absolute atomic E-state index is 0.0820. The predicted molar refractivity (Wildman–Crippen MR) is 132 cm³/mol. The van der Waals surface area contributed by atoms with Gasteiger partial charge in [0.2, 0.25) is 0 Å². The van der Waals surface area contributed by atoms with E-state index >= 15 is 0 Å². The molecule has 0 spiro atoms. The minimum atomic E-state index is -0.0820. The van der Waals surface area contributed by atoms with Crippen LogP contribution in [-0.2, 0) is 0 Å². The van der Waals surface area contributed by atoms with Crippen LogP contribution in [0.4, 0.5) is 22.9 Å². The van der Waals surface area contributed by atoms with Crippen LogP contribution in [0, 0.1) is 0 Å². The van der Waals surface area contributed by atoms with Gasteiger partial charge in [0.05, 0.1) is 22.8 Å². The lowest BCUT2D eigenvalue weighted by Gasteiger charge is -2.25. The van der Waals surface area contributed by atoms with Crippen molar-refractivity contribution in [2.75, 3.05) is 17.3 Å². The number of hydrogen-bond donors (Lipinski definition) is 1. The first-order chi connectivity index (χ1) is 15.7. The van der Waals surface area contributed by atoms with Gasteiger partial charge in [-0.3, -0.25) is 14.3 Å². The second-order valence-corrected chi connectivity index (χ2v) is 7.51. The molecule has 3 aromatic carbocycles. The number of nitrogens with one attached hydrogen (secondary N) is 1. The van der Waals surface area contributed by atoms with Crippen LogP contribution in [0.15, 0.2) is 114 Å². The lowest BCUT2D eigenvalue weighted by molar-refractivity contribution is 1.08. The van der Waals surface area contributed by atoms with Gasteiger partial charge in [0.1, 0.15) is 5.82 Å². The third kappa shape index (κ3) is 3.61. The quantitative estimate of drug-likeness (QED) is 0.386. The monoisotopic (exact) mass is 418 g/mol. The molecule has 5 aromatic rings. The zero-order valence-electron chi connectivity index (χ0n) is 17.6. The van der Waals surface area contributed by atoms with Crippen LogP contribution in [0.5, 0.6) is 0 Å². The van der Waals surface area contributed by atoms with E-state index in [4.69, 9.17) is 0 Å². The third-order valence-corrected chi connectivity index (χ3v) is 5.46. The Kier molecular flexibility index (Phi) is 5.14. The number of rotatable bonds is 5. The van der Waals surface area contributed by atoms with E-state index in [1.807, 2.05) is 98.0 Å². The summed E-state index contributed by atoms with van der Waals surface area (Å²) < 4.78 is 2.08. The number of fused-ring (bicyclic) bond motifs is 1. The molecule has 2 heterocycles. The van der Waals surface area contributed by atoms with Crippen molar-refractivity contribution >= 4 is 33.8 Å². The largest absolute Gasteiger partial charge is 0.342 e. The van der Waals surface area contributed by atoms with Crippen LogP contribution >= 0.6 is 0 Å². The van der Waals surface area contributed by atoms with E-state index in [2.05, 4.69) is 19.8 Å². The van der Waals surface area contributed by atoms with Gasteiger partial charge in [-0.25, -0.2) is 0 Å². The maximum absolute atomic E-state index is 13.2. The fraction of sp³-hybridized carbons (Fsp3) is 0.0370. The molecule has 32 heavy (non-hydrogen) atoms. The molecule has 0 fully saturated rings. The molecule has 5 rings (SSSR count). The molecule has 0 amide bonds. The number of benzene rings is 3. The van der Waals surface area contributed by atoms with Crippen LogP contribution in [0.2, 0.25) is 0 Å². The highest BCUT2D eigenvalue weighted by atomic mass is 16.1. The average molecular weight is 419 g/mol. The summed E-state index contributed by atoms with van der Waals surface area (Å²) in [5.74, 6) is 0.689. The lowest BCUT2D eigenvalue weighted by Crippen LogP contribution is -2.17. The highest BCUT2D eigenvalue weighted by Crippen LogP contribution is 2.33. The SMILES string of the molecule is CN(c1ccccc1)c1cncc2c(=O)cc(Nc3ccccc3)n(-c3ccccc3)c12. The van der Waals surface area contributed by atoms with Crippen LogP contribution in [0.3, 0.4) is 0 Å². The summed E-state index contributed by atoms with van der Waals surface area (Å²) in [5, 5.41) is 4.00. The van der Waals surface area contributed by atoms with E-state index in [0.717, 1.165) is 28.3 Å². The number of aromatic nitrogens is 2. The summed E-state index contributed by atoms with van der Waals surface area (Å²) in [6, 6.07) is 31.6. The highest BCUT2D eigenvalue weighted by Gasteiger charge is 2.18. The Balaban J connectivity index is 1.82. The van der Waals surface area contributed by atoms with Crippen LogP contribution in [0.1, 0.15) is 0 Å². The van der Waals surface area contributed by atoms with Crippen LogP contribution in [0.25, 0.3) is 16.6 Å². The summed E-state index contributed by atoms with van der Waals surface area (Å²) in [7, 11) is 1.99. The Labute approximate surface area is 186 Å². The van der Waals surface area contributed by atoms with Crippen molar-refractivity contribution in [3.63, 3.8) is 0 Å². The molecular formula is C27H22N4O. The maximum Gasteiger partial charge on any atom is 0.193 e. The number of pyridine rings is 2. The van der Waals surface area contributed by atoms with E-state index in [-0.39, 0.29) is 5.43 Å². The molecule has 0 unspecified atom stereocenters. The zero-order chi connectivity index (χ0) is 21.9. The summed E-state index contributed by atoms with van der Waals surface area (Å²) in [5.41, 5.74) is 4.42. The summed E-state index contributed by atoms with van der Waals surface area (Å²) in [6.07, 6.45) is 3.45. The van der Waals surface area contributed by atoms with E-state index < -0.39 is 0 Å². The Morgan fingerprint density at radius 3 is 2.12 bits per heavy atom. The molecule has 156 valence electrons. The summed E-state index contributed by atoms with van der Waals surface area (Å²) in [4.78, 5) is 19.6. The Hall–Kier alpha value is -4.38. The van der Waals surface area contributed by atoms with Crippen molar-refractivity contribution in [2.45, 2.75) is 0 Å². The second-order valence-electron chi connectivity index (χ2n) is 7.51. The van der Waals surface area contributed by atoms with Crippen molar-refractivity contribution in [1.29, 1.82) is 0 Å². The van der Waals surface area contributed by atoms with Crippen LogP contribution < -0.4 is 15.6 Å². The number of para-hydroxylation sites is 3. The molecule has 0 aliphatic carbocycles. The zero-order valence-corrected chi connectivity index (χ0v) is 17.6. The standard InChI is InChI=1S/C27H22N4O/c1-30(21-13-7-3-8-14-21)24-19-28-18-23-25(32)17-26(29-20-11-5-2-6-12-20)31(27(23)24)22-15-9-4-10-16-22/h2-19,29H,1H3. The smallest absolute Gasteiger partial charge is 0.193 e. The van der Waals surface area contributed by atoms with E-state index in [1.54, 1.807) is 18.5 Å². The molecule has 5 heteroatoms. The van der Waals surface area contributed by atoms with E-state index in [1.165, 1.54) is 0 Å². The van der Waals surface area contributed by atoms with E-state index in [0.29, 0.717) is 11.2 Å². The van der Waals surface area contributed by atoms with Gasteiger partial charge in [-0.05, 0) is 36.4 Å². The molecule has 0 aliphatic rings. The maximum atomic E-state index is 13.2. The van der Waals surface area contributed by atoms with Gasteiger partial charge < -0.3 is 10.2 Å². The molecule has 1 N–H and O–H groups in total. The van der Waals surface area contributed by atoms with Crippen molar-refractivity contribution in [2.24, 2.45) is 0 Å². The minimum Gasteiger partial charge on any atom is -0.342 e. The molecule has 0 saturated carbocycles. The van der Waals surface area contributed by atoms with Gasteiger partial charge >= 0.3 is 0 Å². The normalized spacial score (nSPS) is 10.8. The first-order valence-corrected chi connectivity index (χ1v) is 10.4. The first kappa shape index (κ1) is 19.6. The average Bonchev–Trinajstić information content (AvgIpc) is 2.85. The molecule has 0 bridgehead atoms. The Bertz CT molecular complexity index is 1410. The highest BCUT2D eigenvalue weighted by molar-refractivity contribution is 5.95. The van der Waals surface area contributed by atoms with Crippen molar-refractivity contribution in [3.05, 3.63) is 120 Å². The second kappa shape index (κ2) is 8.40. The molecule has 0 atom stereocenters. The topological polar surface area (TPSA) is 50.2 Å². The first-order valence-electron chi connectivity index (χ1n) is 10.4. The van der Waals surface area contributed by atoms with Gasteiger partial charge in [0, 0.05) is 36.4 Å². The van der Waals surface area contributed by atoms with Gasteiger partial charge in [0.25, 0.3) is 0 Å². The molecule has 2 aromatic heterocycles. The molecular weight excluding hydrogens is 396 g/mol. The lowest BCUT2D eigenvalue weighted by atomic mass is 10.1. The fourth-order valence-electron chi connectivity index (χ4n) is 3.89. The molecule has 0 radical (unpaired) electrons.